The van der Waals surface area contributed by atoms with Crippen LogP contribution in [-0.4, -0.2) is 57.0 Å². The molecule has 0 aromatic heterocycles. The van der Waals surface area contributed by atoms with E-state index in [1.165, 1.54) is 12.8 Å². The molecule has 0 aliphatic carbocycles. The molecule has 0 radical (unpaired) electrons. The molecule has 2 unspecified atom stereocenters. The summed E-state index contributed by atoms with van der Waals surface area (Å²) < 4.78 is 22.8. The van der Waals surface area contributed by atoms with E-state index >= 15 is 0 Å². The first-order chi connectivity index (χ1) is 12.2. The molecule has 7 nitrogen and oxygen atoms in total. The third kappa shape index (κ3) is 12.5. The molecule has 27 heavy (non-hydrogen) atoms. The minimum Gasteiger partial charge on any atom is -0.357 e. The van der Waals surface area contributed by atoms with E-state index in [1.807, 2.05) is 6.92 Å². The highest BCUT2D eigenvalue weighted by atomic mass is 127. The summed E-state index contributed by atoms with van der Waals surface area (Å²) in [7, 11) is -2.97. The van der Waals surface area contributed by atoms with Gasteiger partial charge in [0.05, 0.1) is 18.1 Å². The van der Waals surface area contributed by atoms with Crippen molar-refractivity contribution >= 4 is 45.7 Å². The second-order valence-corrected chi connectivity index (χ2v) is 9.78. The molecule has 9 heteroatoms. The molecular weight excluding hydrogens is 479 g/mol. The second kappa shape index (κ2) is 13.6. The summed E-state index contributed by atoms with van der Waals surface area (Å²) in [6.07, 6.45) is 4.25. The lowest BCUT2D eigenvalue weighted by Crippen LogP contribution is -2.42. The van der Waals surface area contributed by atoms with Crippen LogP contribution in [0.4, 0.5) is 0 Å². The fraction of sp³-hybridized carbons (Fsp3) is 0.889. The van der Waals surface area contributed by atoms with Crippen LogP contribution in [-0.2, 0) is 14.6 Å². The SMILES string of the molecule is CCNC(=NCCC(=O)NC1CCS(=O)(=O)C1)NC(C)CCCC(C)C.I. The molecule has 1 fully saturated rings. The van der Waals surface area contributed by atoms with Crippen molar-refractivity contribution in [2.24, 2.45) is 10.9 Å². The van der Waals surface area contributed by atoms with Crippen LogP contribution in [0.15, 0.2) is 4.99 Å². The van der Waals surface area contributed by atoms with E-state index in [2.05, 4.69) is 41.7 Å². The molecule has 0 aromatic carbocycles. The number of carbonyl (C=O) groups is 1. The summed E-state index contributed by atoms with van der Waals surface area (Å²) in [6.45, 7) is 9.75. The molecule has 0 aromatic rings. The Hall–Kier alpha value is -0.580. The molecule has 1 aliphatic heterocycles. The molecular formula is C18H37IN4O3S. The molecule has 1 heterocycles. The lowest BCUT2D eigenvalue weighted by Gasteiger charge is -2.18. The van der Waals surface area contributed by atoms with Crippen molar-refractivity contribution in [1.82, 2.24) is 16.0 Å². The molecule has 1 saturated heterocycles. The Morgan fingerprint density at radius 1 is 1.22 bits per heavy atom. The van der Waals surface area contributed by atoms with Gasteiger partial charge in [0, 0.05) is 25.0 Å². The predicted octanol–water partition coefficient (Wildman–Crippen LogP) is 2.07. The van der Waals surface area contributed by atoms with Gasteiger partial charge in [-0.15, -0.1) is 24.0 Å². The van der Waals surface area contributed by atoms with Gasteiger partial charge in [-0.25, -0.2) is 8.42 Å². The van der Waals surface area contributed by atoms with Gasteiger partial charge < -0.3 is 16.0 Å². The first-order valence-corrected chi connectivity index (χ1v) is 11.6. The van der Waals surface area contributed by atoms with Crippen LogP contribution in [0.1, 0.15) is 59.8 Å². The van der Waals surface area contributed by atoms with Gasteiger partial charge in [0.1, 0.15) is 0 Å². The van der Waals surface area contributed by atoms with E-state index in [0.717, 1.165) is 24.8 Å². The quantitative estimate of drug-likeness (QED) is 0.235. The number of carbonyl (C=O) groups excluding carboxylic acids is 1. The maximum absolute atomic E-state index is 12.0. The zero-order chi connectivity index (χ0) is 19.6. The van der Waals surface area contributed by atoms with Crippen LogP contribution < -0.4 is 16.0 Å². The van der Waals surface area contributed by atoms with E-state index < -0.39 is 9.84 Å². The highest BCUT2D eigenvalue weighted by Crippen LogP contribution is 2.11. The number of halogens is 1. The van der Waals surface area contributed by atoms with Crippen molar-refractivity contribution in [3.63, 3.8) is 0 Å². The highest BCUT2D eigenvalue weighted by molar-refractivity contribution is 14.0. The number of nitrogens with zero attached hydrogens (tertiary/aromatic N) is 1. The summed E-state index contributed by atoms with van der Waals surface area (Å²) in [5.41, 5.74) is 0. The third-order valence-electron chi connectivity index (χ3n) is 4.35. The van der Waals surface area contributed by atoms with Gasteiger partial charge >= 0.3 is 0 Å². The maximum Gasteiger partial charge on any atom is 0.222 e. The molecule has 0 spiro atoms. The standard InChI is InChI=1S/C18H36N4O3S.HI/c1-5-19-18(21-15(4)8-6-7-14(2)3)20-11-9-17(23)22-16-10-12-26(24,25)13-16;/h14-16H,5-13H2,1-4H3,(H,22,23)(H2,19,20,21);1H. The fourth-order valence-electron chi connectivity index (χ4n) is 2.94. The van der Waals surface area contributed by atoms with Crippen molar-refractivity contribution in [3.8, 4) is 0 Å². The number of rotatable bonds is 10. The highest BCUT2D eigenvalue weighted by Gasteiger charge is 2.28. The molecule has 1 amide bonds. The van der Waals surface area contributed by atoms with Crippen molar-refractivity contribution < 1.29 is 13.2 Å². The lowest BCUT2D eigenvalue weighted by molar-refractivity contribution is -0.121. The predicted molar refractivity (Wildman–Crippen MR) is 122 cm³/mol. The van der Waals surface area contributed by atoms with Crippen LogP contribution in [0, 0.1) is 5.92 Å². The van der Waals surface area contributed by atoms with Gasteiger partial charge in [0.15, 0.2) is 15.8 Å². The number of hydrogen-bond acceptors (Lipinski definition) is 4. The number of nitrogens with one attached hydrogen (secondary N) is 3. The molecule has 2 atom stereocenters. The van der Waals surface area contributed by atoms with Crippen molar-refractivity contribution in [3.05, 3.63) is 0 Å². The number of aliphatic imine (C=N–C) groups is 1. The number of guanidine groups is 1. The van der Waals surface area contributed by atoms with E-state index in [0.29, 0.717) is 19.0 Å². The van der Waals surface area contributed by atoms with Gasteiger partial charge in [-0.3, -0.25) is 9.79 Å². The van der Waals surface area contributed by atoms with Gasteiger partial charge in [-0.2, -0.15) is 0 Å². The normalized spacial score (nSPS) is 20.0. The van der Waals surface area contributed by atoms with Gasteiger partial charge in [0.2, 0.25) is 5.91 Å². The van der Waals surface area contributed by atoms with Crippen molar-refractivity contribution in [2.75, 3.05) is 24.6 Å². The molecule has 0 bridgehead atoms. The van der Waals surface area contributed by atoms with Crippen molar-refractivity contribution in [1.29, 1.82) is 0 Å². The maximum atomic E-state index is 12.0. The topological polar surface area (TPSA) is 99.7 Å². The number of sulfone groups is 1. The van der Waals surface area contributed by atoms with E-state index in [4.69, 9.17) is 0 Å². The Morgan fingerprint density at radius 2 is 1.93 bits per heavy atom. The van der Waals surface area contributed by atoms with Gasteiger partial charge in [0.25, 0.3) is 0 Å². The summed E-state index contributed by atoms with van der Waals surface area (Å²) in [4.78, 5) is 16.4. The first kappa shape index (κ1) is 26.4. The molecule has 1 aliphatic rings. The Labute approximate surface area is 181 Å². The Kier molecular flexibility index (Phi) is 13.3. The summed E-state index contributed by atoms with van der Waals surface area (Å²) in [5, 5.41) is 9.37. The smallest absolute Gasteiger partial charge is 0.222 e. The third-order valence-corrected chi connectivity index (χ3v) is 6.12. The van der Waals surface area contributed by atoms with E-state index in [1.54, 1.807) is 0 Å². The van der Waals surface area contributed by atoms with Crippen LogP contribution in [0.5, 0.6) is 0 Å². The summed E-state index contributed by atoms with van der Waals surface area (Å²) >= 11 is 0. The largest absolute Gasteiger partial charge is 0.357 e. The lowest BCUT2D eigenvalue weighted by atomic mass is 10.0. The van der Waals surface area contributed by atoms with Crippen LogP contribution >= 0.6 is 24.0 Å². The van der Waals surface area contributed by atoms with E-state index in [9.17, 15) is 13.2 Å². The minimum atomic E-state index is -2.97. The Bertz CT molecular complexity index is 567. The molecule has 3 N–H and O–H groups in total. The number of hydrogen-bond donors (Lipinski definition) is 3. The Morgan fingerprint density at radius 3 is 2.48 bits per heavy atom. The van der Waals surface area contributed by atoms with Crippen molar-refractivity contribution in [2.45, 2.75) is 71.9 Å². The molecule has 160 valence electrons. The molecule has 0 saturated carbocycles. The fourth-order valence-corrected chi connectivity index (χ4v) is 4.61. The monoisotopic (exact) mass is 516 g/mol. The number of amides is 1. The average Bonchev–Trinajstić information content (AvgIpc) is 2.85. The Balaban J connectivity index is 0.00000676. The minimum absolute atomic E-state index is 0. The summed E-state index contributed by atoms with van der Waals surface area (Å²) in [6, 6.07) is 0.0768. The zero-order valence-electron chi connectivity index (χ0n) is 17.1. The first-order valence-electron chi connectivity index (χ1n) is 9.76. The summed E-state index contributed by atoms with van der Waals surface area (Å²) in [5.74, 6) is 1.52. The van der Waals surface area contributed by atoms with Gasteiger partial charge in [-0.05, 0) is 32.6 Å². The van der Waals surface area contributed by atoms with Crippen LogP contribution in [0.3, 0.4) is 0 Å². The van der Waals surface area contributed by atoms with E-state index in [-0.39, 0.29) is 53.9 Å². The van der Waals surface area contributed by atoms with Gasteiger partial charge in [-0.1, -0.05) is 26.7 Å². The molecule has 1 rings (SSSR count). The second-order valence-electron chi connectivity index (χ2n) is 7.55. The van der Waals surface area contributed by atoms with Crippen LogP contribution in [0.2, 0.25) is 0 Å². The van der Waals surface area contributed by atoms with Crippen LogP contribution in [0.25, 0.3) is 0 Å². The zero-order valence-corrected chi connectivity index (χ0v) is 20.2. The average molecular weight is 516 g/mol.